The molecule has 0 fully saturated rings. The first-order valence-electron chi connectivity index (χ1n) is 6.25. The lowest BCUT2D eigenvalue weighted by molar-refractivity contribution is 0.0691. The van der Waals surface area contributed by atoms with Gasteiger partial charge in [0.2, 0.25) is 0 Å². The molecule has 2 aromatic rings. The number of nitrogens with one attached hydrogen (secondary N) is 1. The maximum atomic E-state index is 10.8. The van der Waals surface area contributed by atoms with E-state index in [1.807, 2.05) is 6.92 Å². The lowest BCUT2D eigenvalue weighted by atomic mass is 10.2. The fourth-order valence-electron chi connectivity index (χ4n) is 1.72. The molecule has 7 nitrogen and oxygen atoms in total. The minimum Gasteiger partial charge on any atom is -0.476 e. The van der Waals surface area contributed by atoms with Crippen molar-refractivity contribution < 1.29 is 15.0 Å². The Bertz CT molecular complexity index is 593. The Morgan fingerprint density at radius 1 is 1.50 bits per heavy atom. The predicted octanol–water partition coefficient (Wildman–Crippen LogP) is 1.15. The van der Waals surface area contributed by atoms with Crippen LogP contribution in [0.5, 0.6) is 0 Å². The van der Waals surface area contributed by atoms with Crippen molar-refractivity contribution in [1.29, 1.82) is 0 Å². The number of pyridine rings is 1. The van der Waals surface area contributed by atoms with E-state index in [0.717, 1.165) is 12.1 Å². The maximum Gasteiger partial charge on any atom is 0.356 e. The summed E-state index contributed by atoms with van der Waals surface area (Å²) >= 11 is 0. The molecular formula is C13H16N4O3. The monoisotopic (exact) mass is 276 g/mol. The molecule has 2 rings (SSSR count). The third kappa shape index (κ3) is 3.12. The fraction of sp³-hybridized carbons (Fsp3) is 0.308. The quantitative estimate of drug-likeness (QED) is 0.731. The molecule has 0 amide bonds. The van der Waals surface area contributed by atoms with E-state index in [2.05, 4.69) is 15.3 Å². The topological polar surface area (TPSA) is 100 Å². The van der Waals surface area contributed by atoms with Crippen molar-refractivity contribution in [3.05, 3.63) is 36.5 Å². The van der Waals surface area contributed by atoms with Crippen molar-refractivity contribution in [3.8, 4) is 5.69 Å². The van der Waals surface area contributed by atoms with Gasteiger partial charge in [0.25, 0.3) is 0 Å². The van der Waals surface area contributed by atoms with E-state index >= 15 is 0 Å². The SMILES string of the molecule is CC[C@@H](CO)Nc1cc(-n2cnc(C(=O)O)c2)ccn1. The number of hydrogen-bond donors (Lipinski definition) is 3. The molecule has 2 heterocycles. The number of hydrogen-bond acceptors (Lipinski definition) is 5. The molecule has 0 unspecified atom stereocenters. The zero-order chi connectivity index (χ0) is 14.5. The van der Waals surface area contributed by atoms with Crippen molar-refractivity contribution in [1.82, 2.24) is 14.5 Å². The number of aromatic nitrogens is 3. The van der Waals surface area contributed by atoms with Gasteiger partial charge >= 0.3 is 5.97 Å². The van der Waals surface area contributed by atoms with Crippen LogP contribution in [0.2, 0.25) is 0 Å². The number of nitrogens with zero attached hydrogens (tertiary/aromatic N) is 3. The van der Waals surface area contributed by atoms with Crippen molar-refractivity contribution in [2.45, 2.75) is 19.4 Å². The minimum atomic E-state index is -1.07. The van der Waals surface area contributed by atoms with Gasteiger partial charge in [-0.1, -0.05) is 6.92 Å². The van der Waals surface area contributed by atoms with Crippen molar-refractivity contribution in [3.63, 3.8) is 0 Å². The van der Waals surface area contributed by atoms with Gasteiger partial charge in [0, 0.05) is 18.5 Å². The molecule has 2 aromatic heterocycles. The van der Waals surface area contributed by atoms with Crippen LogP contribution in [0.3, 0.4) is 0 Å². The molecule has 0 saturated heterocycles. The van der Waals surface area contributed by atoms with Crippen LogP contribution in [-0.2, 0) is 0 Å². The number of carboxylic acids is 1. The van der Waals surface area contributed by atoms with Gasteiger partial charge in [-0.3, -0.25) is 0 Å². The molecule has 7 heteroatoms. The lowest BCUT2D eigenvalue weighted by Gasteiger charge is -2.15. The second-order valence-electron chi connectivity index (χ2n) is 4.30. The molecule has 0 aliphatic rings. The molecule has 0 radical (unpaired) electrons. The first-order chi connectivity index (χ1) is 9.63. The number of aliphatic hydroxyl groups is 1. The molecule has 0 spiro atoms. The Labute approximate surface area is 115 Å². The first-order valence-corrected chi connectivity index (χ1v) is 6.25. The Hall–Kier alpha value is -2.41. The standard InChI is InChI=1S/C13H16N4O3/c1-2-9(7-18)16-12-5-10(3-4-14-12)17-6-11(13(19)20)15-8-17/h3-6,8-9,18H,2,7H2,1H3,(H,14,16)(H,19,20)/t9-/m0/s1. The van der Waals surface area contributed by atoms with E-state index in [1.165, 1.54) is 12.5 Å². The Kier molecular flexibility index (Phi) is 4.31. The van der Waals surface area contributed by atoms with Gasteiger partial charge < -0.3 is 20.1 Å². The number of rotatable bonds is 6. The molecule has 0 aromatic carbocycles. The number of imidazole rings is 1. The lowest BCUT2D eigenvalue weighted by Crippen LogP contribution is -2.23. The van der Waals surface area contributed by atoms with E-state index in [9.17, 15) is 4.79 Å². The van der Waals surface area contributed by atoms with E-state index < -0.39 is 5.97 Å². The summed E-state index contributed by atoms with van der Waals surface area (Å²) in [5.41, 5.74) is 0.730. The number of anilines is 1. The molecule has 106 valence electrons. The summed E-state index contributed by atoms with van der Waals surface area (Å²) in [4.78, 5) is 18.8. The molecule has 0 saturated carbocycles. The van der Waals surface area contributed by atoms with Crippen molar-refractivity contribution in [2.75, 3.05) is 11.9 Å². The molecule has 0 aliphatic carbocycles. The van der Waals surface area contributed by atoms with Crippen LogP contribution < -0.4 is 5.32 Å². The zero-order valence-corrected chi connectivity index (χ0v) is 11.0. The van der Waals surface area contributed by atoms with Crippen molar-refractivity contribution >= 4 is 11.8 Å². The number of aliphatic hydroxyl groups excluding tert-OH is 1. The predicted molar refractivity (Wildman–Crippen MR) is 73.1 cm³/mol. The van der Waals surface area contributed by atoms with Gasteiger partial charge in [-0.05, 0) is 12.5 Å². The van der Waals surface area contributed by atoms with Gasteiger partial charge in [-0.2, -0.15) is 0 Å². The summed E-state index contributed by atoms with van der Waals surface area (Å²) in [5.74, 6) is -0.448. The smallest absolute Gasteiger partial charge is 0.356 e. The van der Waals surface area contributed by atoms with Crippen LogP contribution >= 0.6 is 0 Å². The van der Waals surface area contributed by atoms with Crippen LogP contribution in [0.1, 0.15) is 23.8 Å². The van der Waals surface area contributed by atoms with Crippen LogP contribution in [0, 0.1) is 0 Å². The van der Waals surface area contributed by atoms with E-state index in [-0.39, 0.29) is 18.3 Å². The third-order valence-corrected chi connectivity index (χ3v) is 2.91. The number of carboxylic acid groups (broad SMARTS) is 1. The molecule has 3 N–H and O–H groups in total. The summed E-state index contributed by atoms with van der Waals surface area (Å²) in [5, 5.41) is 21.1. The van der Waals surface area contributed by atoms with Crippen LogP contribution in [0.4, 0.5) is 5.82 Å². The van der Waals surface area contributed by atoms with E-state index in [4.69, 9.17) is 10.2 Å². The Balaban J connectivity index is 2.22. The summed E-state index contributed by atoms with van der Waals surface area (Å²) in [7, 11) is 0. The Morgan fingerprint density at radius 3 is 2.90 bits per heavy atom. The molecule has 20 heavy (non-hydrogen) atoms. The highest BCUT2D eigenvalue weighted by molar-refractivity contribution is 5.85. The van der Waals surface area contributed by atoms with Crippen LogP contribution in [0.15, 0.2) is 30.9 Å². The highest BCUT2D eigenvalue weighted by Crippen LogP contribution is 2.14. The normalized spacial score (nSPS) is 12.1. The van der Waals surface area contributed by atoms with Gasteiger partial charge in [0.15, 0.2) is 5.69 Å². The highest BCUT2D eigenvalue weighted by Gasteiger charge is 2.09. The highest BCUT2D eigenvalue weighted by atomic mass is 16.4. The molecule has 0 bridgehead atoms. The van der Waals surface area contributed by atoms with E-state index in [0.29, 0.717) is 5.82 Å². The van der Waals surface area contributed by atoms with Crippen LogP contribution in [-0.4, -0.2) is 43.4 Å². The molecule has 1 atom stereocenters. The van der Waals surface area contributed by atoms with Gasteiger partial charge in [0.05, 0.1) is 18.3 Å². The number of carbonyl (C=O) groups is 1. The second kappa shape index (κ2) is 6.16. The van der Waals surface area contributed by atoms with Gasteiger partial charge in [0.1, 0.15) is 12.1 Å². The summed E-state index contributed by atoms with van der Waals surface area (Å²) < 4.78 is 1.61. The Morgan fingerprint density at radius 2 is 2.30 bits per heavy atom. The third-order valence-electron chi connectivity index (χ3n) is 2.91. The van der Waals surface area contributed by atoms with Gasteiger partial charge in [-0.15, -0.1) is 0 Å². The summed E-state index contributed by atoms with van der Waals surface area (Å²) in [6, 6.07) is 3.46. The summed E-state index contributed by atoms with van der Waals surface area (Å²) in [6.45, 7) is 1.99. The minimum absolute atomic E-state index is 0.0156. The fourth-order valence-corrected chi connectivity index (χ4v) is 1.72. The largest absolute Gasteiger partial charge is 0.476 e. The maximum absolute atomic E-state index is 10.8. The molecule has 0 aliphatic heterocycles. The average Bonchev–Trinajstić information content (AvgIpc) is 2.95. The first kappa shape index (κ1) is 14.0. The summed E-state index contributed by atoms with van der Waals surface area (Å²) in [6.07, 6.45) is 5.26. The zero-order valence-electron chi connectivity index (χ0n) is 11.0. The number of aromatic carboxylic acids is 1. The second-order valence-corrected chi connectivity index (χ2v) is 4.30. The van der Waals surface area contributed by atoms with E-state index in [1.54, 1.807) is 22.9 Å². The van der Waals surface area contributed by atoms with Crippen LogP contribution in [0.25, 0.3) is 5.69 Å². The van der Waals surface area contributed by atoms with Gasteiger partial charge in [-0.25, -0.2) is 14.8 Å². The van der Waals surface area contributed by atoms with Crippen molar-refractivity contribution in [2.24, 2.45) is 0 Å². The average molecular weight is 276 g/mol. The molecular weight excluding hydrogens is 260 g/mol.